The van der Waals surface area contributed by atoms with E-state index in [0.717, 1.165) is 32.1 Å². The zero-order valence-corrected chi connectivity index (χ0v) is 28.0. The number of aliphatic hydroxyl groups is 1. The molecule has 0 amide bonds. The van der Waals surface area contributed by atoms with Crippen LogP contribution < -0.4 is 0 Å². The lowest BCUT2D eigenvalue weighted by Crippen LogP contribution is -2.67. The lowest BCUT2D eigenvalue weighted by Gasteiger charge is -2.73. The van der Waals surface area contributed by atoms with Crippen LogP contribution in [0.3, 0.4) is 0 Å². The van der Waals surface area contributed by atoms with Crippen molar-refractivity contribution in [2.24, 2.45) is 56.7 Å². The predicted molar refractivity (Wildman–Crippen MR) is 175 cm³/mol. The van der Waals surface area contributed by atoms with Crippen LogP contribution in [0.15, 0.2) is 36.4 Å². The summed E-state index contributed by atoms with van der Waals surface area (Å²) in [6.07, 6.45) is 14.5. The fourth-order valence-corrected chi connectivity index (χ4v) is 12.7. The van der Waals surface area contributed by atoms with E-state index in [2.05, 4.69) is 48.1 Å². The Kier molecular flexibility index (Phi) is 7.67. The number of hydrogen-bond acceptors (Lipinski definition) is 5. The maximum absolute atomic E-state index is 13.0. The molecule has 5 nitrogen and oxygen atoms in total. The van der Waals surface area contributed by atoms with Gasteiger partial charge in [-0.05, 0) is 146 Å². The van der Waals surface area contributed by atoms with Gasteiger partial charge in [-0.1, -0.05) is 52.8 Å². The van der Waals surface area contributed by atoms with Gasteiger partial charge in [-0.15, -0.1) is 0 Å². The van der Waals surface area contributed by atoms with Crippen LogP contribution in [-0.2, 0) is 9.53 Å². The molecule has 0 radical (unpaired) electrons. The quantitative estimate of drug-likeness (QED) is 0.135. The zero-order chi connectivity index (χ0) is 31.9. The number of allylic oxidation sites excluding steroid dienone is 1. The molecule has 0 bridgehead atoms. The predicted octanol–water partition coefficient (Wildman–Crippen LogP) is 8.67. The molecule has 5 aliphatic carbocycles. The van der Waals surface area contributed by atoms with Crippen LogP contribution in [-0.4, -0.2) is 34.0 Å². The van der Waals surface area contributed by atoms with Gasteiger partial charge in [0.05, 0.1) is 0 Å². The molecular weight excluding hydrogens is 548 g/mol. The Balaban J connectivity index is 1.22. The van der Waals surface area contributed by atoms with Crippen molar-refractivity contribution in [3.05, 3.63) is 42.0 Å². The molecule has 5 aliphatic rings. The van der Waals surface area contributed by atoms with Gasteiger partial charge in [-0.2, -0.15) is 0 Å². The minimum atomic E-state index is -0.355. The van der Waals surface area contributed by atoms with Crippen molar-refractivity contribution in [1.82, 2.24) is 0 Å². The Hall–Kier alpha value is -2.27. The highest BCUT2D eigenvalue weighted by Crippen LogP contribution is 2.77. The first-order chi connectivity index (χ1) is 20.6. The van der Waals surface area contributed by atoms with Crippen molar-refractivity contribution < 1.29 is 24.9 Å². The second-order valence-electron chi connectivity index (χ2n) is 17.1. The van der Waals surface area contributed by atoms with Crippen LogP contribution in [0.4, 0.5) is 0 Å². The number of aliphatic hydroxyl groups excluding tert-OH is 1. The van der Waals surface area contributed by atoms with Gasteiger partial charge in [0.15, 0.2) is 11.5 Å². The van der Waals surface area contributed by atoms with E-state index < -0.39 is 0 Å². The molecule has 10 atom stereocenters. The first-order valence-electron chi connectivity index (χ1n) is 17.3. The fraction of sp³-hybridized carbons (Fsp3) is 0.718. The molecule has 0 heterocycles. The van der Waals surface area contributed by atoms with Crippen LogP contribution in [0.1, 0.15) is 111 Å². The lowest BCUT2D eigenvalue weighted by atomic mass is 9.32. The number of phenolic OH excluding ortho intramolecular Hbond substituents is 2. The smallest absolute Gasteiger partial charge is 0.331 e. The van der Waals surface area contributed by atoms with Gasteiger partial charge >= 0.3 is 5.97 Å². The van der Waals surface area contributed by atoms with Crippen LogP contribution in [0.25, 0.3) is 6.08 Å². The maximum atomic E-state index is 13.0. The minimum absolute atomic E-state index is 0.0825. The van der Waals surface area contributed by atoms with E-state index in [1.165, 1.54) is 55.9 Å². The summed E-state index contributed by atoms with van der Waals surface area (Å²) < 4.78 is 6.18. The molecule has 5 fully saturated rings. The Labute approximate surface area is 265 Å². The average molecular weight is 605 g/mol. The topological polar surface area (TPSA) is 87.0 Å². The van der Waals surface area contributed by atoms with E-state index in [1.807, 2.05) is 0 Å². The number of rotatable bonds is 5. The number of hydrogen-bond donors (Lipinski definition) is 3. The summed E-state index contributed by atoms with van der Waals surface area (Å²) in [5.74, 6) is 2.10. The van der Waals surface area contributed by atoms with Crippen LogP contribution >= 0.6 is 0 Å². The van der Waals surface area contributed by atoms with Crippen molar-refractivity contribution in [3.8, 4) is 11.5 Å². The number of carbonyl (C=O) groups is 1. The van der Waals surface area contributed by atoms with Crippen LogP contribution in [0.5, 0.6) is 11.5 Å². The first-order valence-corrected chi connectivity index (χ1v) is 17.3. The lowest BCUT2D eigenvalue weighted by molar-refractivity contribution is -0.251. The molecule has 1 aromatic rings. The second kappa shape index (κ2) is 10.6. The first kappa shape index (κ1) is 31.7. The summed E-state index contributed by atoms with van der Waals surface area (Å²) in [6, 6.07) is 4.51. The molecule has 5 saturated carbocycles. The summed E-state index contributed by atoms with van der Waals surface area (Å²) >= 11 is 0. The largest absolute Gasteiger partial charge is 0.504 e. The van der Waals surface area contributed by atoms with Gasteiger partial charge in [0.1, 0.15) is 6.10 Å². The van der Waals surface area contributed by atoms with E-state index >= 15 is 0 Å². The van der Waals surface area contributed by atoms with E-state index in [0.29, 0.717) is 41.8 Å². The molecule has 6 rings (SSSR count). The third-order valence-corrected chi connectivity index (χ3v) is 15.2. The van der Waals surface area contributed by atoms with Gasteiger partial charge in [0, 0.05) is 18.1 Å². The Morgan fingerprint density at radius 3 is 2.34 bits per heavy atom. The third-order valence-electron chi connectivity index (χ3n) is 15.2. The summed E-state index contributed by atoms with van der Waals surface area (Å²) in [4.78, 5) is 13.0. The average Bonchev–Trinajstić information content (AvgIpc) is 3.36. The number of benzene rings is 1. The standard InChI is InChI=1S/C39H56O5/c1-24(2)26-14-19-39(23-40)21-20-37(6)27(34(26)39)10-12-31-36(5)17-16-32(35(3,4)30(36)15-18-38(31,37)7)44-33(43)13-9-25-8-11-28(41)29(42)22-25/h8-9,11,13,22,26-27,30-32,34,40-42H,1,10,12,14-21,23H2,2-7H3/b13-9-/t26-,27+,30-,31+,32-,34+,36-,37+,38+,39+/m0/s1. The van der Waals surface area contributed by atoms with E-state index in [-0.39, 0.29) is 50.6 Å². The molecule has 242 valence electrons. The summed E-state index contributed by atoms with van der Waals surface area (Å²) in [5, 5.41) is 30.2. The van der Waals surface area contributed by atoms with Gasteiger partial charge < -0.3 is 20.1 Å². The minimum Gasteiger partial charge on any atom is -0.504 e. The van der Waals surface area contributed by atoms with Crippen molar-refractivity contribution >= 4 is 12.0 Å². The molecule has 0 saturated heterocycles. The van der Waals surface area contributed by atoms with Gasteiger partial charge in [-0.3, -0.25) is 0 Å². The fourth-order valence-electron chi connectivity index (χ4n) is 12.7. The van der Waals surface area contributed by atoms with Gasteiger partial charge in [-0.25, -0.2) is 4.79 Å². The number of fused-ring (bicyclic) bond motifs is 7. The number of esters is 1. The number of aromatic hydroxyl groups is 2. The normalized spacial score (nSPS) is 44.2. The summed E-state index contributed by atoms with van der Waals surface area (Å²) in [7, 11) is 0. The van der Waals surface area contributed by atoms with Crippen molar-refractivity contribution in [3.63, 3.8) is 0 Å². The summed E-state index contributed by atoms with van der Waals surface area (Å²) in [6.45, 7) is 19.5. The third kappa shape index (κ3) is 4.45. The van der Waals surface area contributed by atoms with Gasteiger partial charge in [0.25, 0.3) is 0 Å². The molecular formula is C39H56O5. The van der Waals surface area contributed by atoms with E-state index in [1.54, 1.807) is 12.1 Å². The zero-order valence-electron chi connectivity index (χ0n) is 28.0. The van der Waals surface area contributed by atoms with Crippen LogP contribution in [0, 0.1) is 56.7 Å². The molecule has 0 aromatic heterocycles. The maximum Gasteiger partial charge on any atom is 0.331 e. The molecule has 0 aliphatic heterocycles. The monoisotopic (exact) mass is 604 g/mol. The molecule has 1 aromatic carbocycles. The van der Waals surface area contributed by atoms with Crippen LogP contribution in [0.2, 0.25) is 0 Å². The van der Waals surface area contributed by atoms with E-state index in [9.17, 15) is 20.1 Å². The SMILES string of the molecule is C=C(C)[C@@H]1CC[C@]2(CO)CC[C@]3(C)[C@H](CC[C@@H]4[C@@]5(C)CC[C@H](OC(=O)/C=C\c6ccc(O)c(O)c6)C(C)(C)[C@@H]5CC[C@]43C)[C@@H]12. The molecule has 5 heteroatoms. The highest BCUT2D eigenvalue weighted by atomic mass is 16.5. The number of ether oxygens (including phenoxy) is 1. The number of carbonyl (C=O) groups excluding carboxylic acids is 1. The van der Waals surface area contributed by atoms with Gasteiger partial charge in [0.2, 0.25) is 0 Å². The number of phenols is 2. The van der Waals surface area contributed by atoms with E-state index in [4.69, 9.17) is 4.74 Å². The Bertz CT molecular complexity index is 1350. The highest BCUT2D eigenvalue weighted by molar-refractivity contribution is 5.87. The summed E-state index contributed by atoms with van der Waals surface area (Å²) in [5.41, 5.74) is 2.61. The van der Waals surface area contributed by atoms with Crippen molar-refractivity contribution in [2.75, 3.05) is 6.61 Å². The van der Waals surface area contributed by atoms with Crippen molar-refractivity contribution in [2.45, 2.75) is 112 Å². The molecule has 0 spiro atoms. The second-order valence-corrected chi connectivity index (χ2v) is 17.1. The highest BCUT2D eigenvalue weighted by Gasteiger charge is 2.71. The van der Waals surface area contributed by atoms with Crippen molar-refractivity contribution in [1.29, 1.82) is 0 Å². The Morgan fingerprint density at radius 1 is 0.909 bits per heavy atom. The molecule has 3 N–H and O–H groups in total. The molecule has 44 heavy (non-hydrogen) atoms. The molecule has 0 unspecified atom stereocenters. The Morgan fingerprint density at radius 2 is 1.66 bits per heavy atom.